The molecule has 7 heteroatoms. The molecule has 0 spiro atoms. The van der Waals surface area contributed by atoms with Crippen molar-refractivity contribution >= 4 is 14.3 Å². The van der Waals surface area contributed by atoms with E-state index in [4.69, 9.17) is 18.6 Å². The average Bonchev–Trinajstić information content (AvgIpc) is 3.18. The van der Waals surface area contributed by atoms with E-state index in [1.165, 1.54) is 0 Å². The van der Waals surface area contributed by atoms with Gasteiger partial charge in [-0.3, -0.25) is 0 Å². The Kier molecular flexibility index (Phi) is 7.20. The summed E-state index contributed by atoms with van der Waals surface area (Å²) in [6.07, 6.45) is 0.566. The van der Waals surface area contributed by atoms with Gasteiger partial charge in [0.05, 0.1) is 6.61 Å². The van der Waals surface area contributed by atoms with E-state index in [0.717, 1.165) is 24.0 Å². The number of aryl methyl sites for hydroxylation is 1. The third-order valence-corrected chi connectivity index (χ3v) is 10.7. The summed E-state index contributed by atoms with van der Waals surface area (Å²) < 4.78 is 23.1. The summed E-state index contributed by atoms with van der Waals surface area (Å²) in [5.41, 5.74) is 2.56. The maximum Gasteiger partial charge on any atom is 0.349 e. The highest BCUT2D eigenvalue weighted by Crippen LogP contribution is 2.38. The summed E-state index contributed by atoms with van der Waals surface area (Å²) in [5.74, 6) is 0.657. The Morgan fingerprint density at radius 1 is 1.12 bits per heavy atom. The van der Waals surface area contributed by atoms with Gasteiger partial charge in [-0.1, -0.05) is 46.2 Å². The van der Waals surface area contributed by atoms with E-state index >= 15 is 0 Å². The maximum atomic E-state index is 12.0. The molecule has 0 aromatic heterocycles. The Hall–Kier alpha value is -2.51. The molecule has 1 aliphatic rings. The average molecular weight is 459 g/mol. The quantitative estimate of drug-likeness (QED) is 0.458. The van der Waals surface area contributed by atoms with Crippen LogP contribution in [-0.4, -0.2) is 26.2 Å². The third kappa shape index (κ3) is 5.45. The molecule has 2 aromatic rings. The molecule has 0 fully saturated rings. The molecule has 1 atom stereocenters. The molecule has 0 aliphatic carbocycles. The number of fused-ring (bicyclic) bond motifs is 1. The molecule has 0 bridgehead atoms. The summed E-state index contributed by atoms with van der Waals surface area (Å²) in [4.78, 5) is 12.0. The second-order valence-corrected chi connectivity index (χ2v) is 14.5. The van der Waals surface area contributed by atoms with Crippen LogP contribution in [0.25, 0.3) is 0 Å². The number of carbonyl (C=O) groups is 1. The first kappa shape index (κ1) is 24.1. The van der Waals surface area contributed by atoms with Crippen LogP contribution in [0.5, 0.6) is 17.2 Å². The standard InChI is InChI=1S/C25H34O6Si/c1-7-8-18-13-17(15-30-32(5,6)25(2,3)4)9-11-20(18)31-23(24(26)27)19-10-12-21-22(14-19)29-16-28-21/h9-14,23H,7-8,15-16H2,1-6H3,(H,26,27). The number of hydrogen-bond donors (Lipinski definition) is 1. The molecule has 0 radical (unpaired) electrons. The van der Waals surface area contributed by atoms with Crippen LogP contribution < -0.4 is 14.2 Å². The molecule has 0 saturated heterocycles. The van der Waals surface area contributed by atoms with Gasteiger partial charge in [0.25, 0.3) is 0 Å². The molecule has 1 N–H and O–H groups in total. The Morgan fingerprint density at radius 2 is 1.84 bits per heavy atom. The smallest absolute Gasteiger partial charge is 0.349 e. The fraction of sp³-hybridized carbons (Fsp3) is 0.480. The van der Waals surface area contributed by atoms with Crippen LogP contribution in [0.15, 0.2) is 36.4 Å². The predicted molar refractivity (Wildman–Crippen MR) is 126 cm³/mol. The van der Waals surface area contributed by atoms with Gasteiger partial charge in [0.2, 0.25) is 12.9 Å². The first-order chi connectivity index (χ1) is 15.0. The van der Waals surface area contributed by atoms with Crippen molar-refractivity contribution in [3.05, 3.63) is 53.1 Å². The monoisotopic (exact) mass is 458 g/mol. The lowest BCUT2D eigenvalue weighted by Crippen LogP contribution is -2.40. The van der Waals surface area contributed by atoms with Gasteiger partial charge in [-0.25, -0.2) is 4.79 Å². The predicted octanol–water partition coefficient (Wildman–Crippen LogP) is 6.09. The van der Waals surface area contributed by atoms with Crippen molar-refractivity contribution in [3.8, 4) is 17.2 Å². The van der Waals surface area contributed by atoms with Crippen LogP contribution in [0, 0.1) is 0 Å². The Morgan fingerprint density at radius 3 is 2.50 bits per heavy atom. The fourth-order valence-electron chi connectivity index (χ4n) is 3.25. The van der Waals surface area contributed by atoms with Gasteiger partial charge in [-0.2, -0.15) is 0 Å². The van der Waals surface area contributed by atoms with E-state index in [-0.39, 0.29) is 11.8 Å². The Bertz CT molecular complexity index is 963. The van der Waals surface area contributed by atoms with Gasteiger partial charge in [0, 0.05) is 5.56 Å². The Balaban J connectivity index is 1.82. The molecular weight excluding hydrogens is 424 g/mol. The van der Waals surface area contributed by atoms with Crippen molar-refractivity contribution in [1.82, 2.24) is 0 Å². The SMILES string of the molecule is CCCc1cc(CO[Si](C)(C)C(C)(C)C)ccc1OC(C(=O)O)c1ccc2c(c1)OCO2. The van der Waals surface area contributed by atoms with E-state index in [2.05, 4.69) is 46.9 Å². The largest absolute Gasteiger partial charge is 0.478 e. The minimum absolute atomic E-state index is 0.135. The molecule has 174 valence electrons. The number of carboxylic acid groups (broad SMARTS) is 1. The summed E-state index contributed by atoms with van der Waals surface area (Å²) in [6.45, 7) is 13.9. The molecule has 2 aromatic carbocycles. The summed E-state index contributed by atoms with van der Waals surface area (Å²) >= 11 is 0. The van der Waals surface area contributed by atoms with Gasteiger partial charge in [0.1, 0.15) is 5.75 Å². The van der Waals surface area contributed by atoms with Crippen molar-refractivity contribution in [3.63, 3.8) is 0 Å². The Labute approximate surface area is 191 Å². The lowest BCUT2D eigenvalue weighted by atomic mass is 10.0. The van der Waals surface area contributed by atoms with E-state index < -0.39 is 20.4 Å². The van der Waals surface area contributed by atoms with Crippen LogP contribution in [0.2, 0.25) is 18.1 Å². The highest BCUT2D eigenvalue weighted by atomic mass is 28.4. The first-order valence-electron chi connectivity index (χ1n) is 11.1. The highest BCUT2D eigenvalue weighted by molar-refractivity contribution is 6.74. The van der Waals surface area contributed by atoms with Crippen molar-refractivity contribution in [2.75, 3.05) is 6.79 Å². The summed E-state index contributed by atoms with van der Waals surface area (Å²) in [5, 5.41) is 9.99. The maximum absolute atomic E-state index is 12.0. The van der Waals surface area contributed by atoms with E-state index in [0.29, 0.717) is 29.4 Å². The number of benzene rings is 2. The van der Waals surface area contributed by atoms with E-state index in [9.17, 15) is 9.90 Å². The third-order valence-electron chi connectivity index (χ3n) is 6.22. The van der Waals surface area contributed by atoms with Gasteiger partial charge < -0.3 is 23.7 Å². The zero-order chi connectivity index (χ0) is 23.5. The molecule has 3 rings (SSSR count). The second kappa shape index (κ2) is 9.54. The summed E-state index contributed by atoms with van der Waals surface area (Å²) in [6, 6.07) is 11.0. The molecule has 0 saturated carbocycles. The second-order valence-electron chi connectivity index (χ2n) is 9.69. The van der Waals surface area contributed by atoms with E-state index in [1.54, 1.807) is 18.2 Å². The zero-order valence-electron chi connectivity index (χ0n) is 19.9. The number of ether oxygens (including phenoxy) is 3. The lowest BCUT2D eigenvalue weighted by Gasteiger charge is -2.36. The molecule has 32 heavy (non-hydrogen) atoms. The molecule has 6 nitrogen and oxygen atoms in total. The number of rotatable bonds is 9. The van der Waals surface area contributed by atoms with Crippen LogP contribution in [0.4, 0.5) is 0 Å². The zero-order valence-corrected chi connectivity index (χ0v) is 20.9. The highest BCUT2D eigenvalue weighted by Gasteiger charge is 2.37. The molecule has 1 unspecified atom stereocenters. The van der Waals surface area contributed by atoms with Crippen LogP contribution >= 0.6 is 0 Å². The summed E-state index contributed by atoms with van der Waals surface area (Å²) in [7, 11) is -1.86. The molecule has 1 aliphatic heterocycles. The van der Waals surface area contributed by atoms with Gasteiger partial charge in [0.15, 0.2) is 19.8 Å². The van der Waals surface area contributed by atoms with Gasteiger partial charge in [-0.15, -0.1) is 0 Å². The van der Waals surface area contributed by atoms with Crippen LogP contribution in [0.3, 0.4) is 0 Å². The van der Waals surface area contributed by atoms with E-state index in [1.807, 2.05) is 12.1 Å². The van der Waals surface area contributed by atoms with Gasteiger partial charge in [-0.05, 0) is 59.9 Å². The fourth-order valence-corrected chi connectivity index (χ4v) is 4.21. The number of carboxylic acids is 1. The number of aliphatic carboxylic acids is 1. The minimum atomic E-state index is -1.86. The minimum Gasteiger partial charge on any atom is -0.478 e. The van der Waals surface area contributed by atoms with Crippen molar-refractivity contribution in [2.45, 2.75) is 71.4 Å². The number of hydrogen-bond acceptors (Lipinski definition) is 5. The molecule has 1 heterocycles. The molecular formula is C25H34O6Si. The van der Waals surface area contributed by atoms with Crippen LogP contribution in [-0.2, 0) is 22.2 Å². The van der Waals surface area contributed by atoms with Gasteiger partial charge >= 0.3 is 5.97 Å². The first-order valence-corrected chi connectivity index (χ1v) is 14.0. The normalized spacial score (nSPS) is 14.3. The lowest BCUT2D eigenvalue weighted by molar-refractivity contribution is -0.145. The van der Waals surface area contributed by atoms with Crippen molar-refractivity contribution < 1.29 is 28.5 Å². The molecule has 0 amide bonds. The van der Waals surface area contributed by atoms with Crippen molar-refractivity contribution in [1.29, 1.82) is 0 Å². The van der Waals surface area contributed by atoms with Crippen molar-refractivity contribution in [2.24, 2.45) is 0 Å². The van der Waals surface area contributed by atoms with Crippen LogP contribution in [0.1, 0.15) is 56.9 Å². The topological polar surface area (TPSA) is 74.2 Å².